The van der Waals surface area contributed by atoms with Crippen molar-refractivity contribution in [2.45, 2.75) is 38.6 Å². The van der Waals surface area contributed by atoms with Gasteiger partial charge < -0.3 is 4.74 Å². The maximum Gasteiger partial charge on any atom is 0.309 e. The molecule has 1 aliphatic rings. The summed E-state index contributed by atoms with van der Waals surface area (Å²) in [7, 11) is 0. The Morgan fingerprint density at radius 3 is 2.90 bits per heavy atom. The molecule has 2 aromatic rings. The van der Waals surface area contributed by atoms with Gasteiger partial charge in [-0.25, -0.2) is 4.98 Å². The van der Waals surface area contributed by atoms with E-state index in [1.54, 1.807) is 12.5 Å². The SMILES string of the molecule is CC(=O)Oc1cncn1C1CC(C)(C)c2ccccc21. The van der Waals surface area contributed by atoms with Gasteiger partial charge in [0.05, 0.1) is 18.6 Å². The molecule has 1 heterocycles. The fraction of sp³-hybridized carbons (Fsp3) is 0.375. The number of nitrogens with zero attached hydrogens (tertiary/aromatic N) is 2. The van der Waals surface area contributed by atoms with Gasteiger partial charge in [0.2, 0.25) is 5.88 Å². The molecule has 0 fully saturated rings. The molecular weight excluding hydrogens is 252 g/mol. The fourth-order valence-corrected chi connectivity index (χ4v) is 3.11. The van der Waals surface area contributed by atoms with Gasteiger partial charge in [0, 0.05) is 6.92 Å². The van der Waals surface area contributed by atoms with Crippen molar-refractivity contribution < 1.29 is 9.53 Å². The molecule has 4 heteroatoms. The zero-order chi connectivity index (χ0) is 14.3. The highest BCUT2D eigenvalue weighted by Crippen LogP contribution is 2.47. The van der Waals surface area contributed by atoms with E-state index in [-0.39, 0.29) is 17.4 Å². The van der Waals surface area contributed by atoms with E-state index in [9.17, 15) is 4.79 Å². The van der Waals surface area contributed by atoms with Crippen LogP contribution in [0.3, 0.4) is 0 Å². The molecule has 104 valence electrons. The molecule has 1 aliphatic carbocycles. The third kappa shape index (κ3) is 2.01. The second-order valence-electron chi connectivity index (χ2n) is 5.92. The Bertz CT molecular complexity index is 658. The number of ether oxygens (including phenoxy) is 1. The highest BCUT2D eigenvalue weighted by Gasteiger charge is 2.38. The van der Waals surface area contributed by atoms with Crippen LogP contribution in [0.2, 0.25) is 0 Å². The average Bonchev–Trinajstić information content (AvgIpc) is 2.92. The fourth-order valence-electron chi connectivity index (χ4n) is 3.11. The molecule has 0 amide bonds. The molecule has 3 rings (SSSR count). The summed E-state index contributed by atoms with van der Waals surface area (Å²) in [6.45, 7) is 5.90. The number of esters is 1. The number of aromatic nitrogens is 2. The standard InChI is InChI=1S/C16H18N2O2/c1-11(19)20-15-9-17-10-18(15)14-8-16(2,3)13-7-5-4-6-12(13)14/h4-7,9-10,14H,8H2,1-3H3. The minimum Gasteiger partial charge on any atom is -0.408 e. The smallest absolute Gasteiger partial charge is 0.309 e. The Hall–Kier alpha value is -2.10. The van der Waals surface area contributed by atoms with Crippen molar-refractivity contribution >= 4 is 5.97 Å². The first kappa shape index (κ1) is 12.9. The molecule has 0 saturated heterocycles. The van der Waals surface area contributed by atoms with Crippen LogP contribution >= 0.6 is 0 Å². The Morgan fingerprint density at radius 2 is 2.15 bits per heavy atom. The second kappa shape index (κ2) is 4.47. The lowest BCUT2D eigenvalue weighted by Crippen LogP contribution is -2.15. The Balaban J connectivity index is 2.05. The first-order chi connectivity index (χ1) is 9.49. The molecular formula is C16H18N2O2. The highest BCUT2D eigenvalue weighted by molar-refractivity contribution is 5.68. The number of carbonyl (C=O) groups is 1. The predicted octanol–water partition coefficient (Wildman–Crippen LogP) is 3.08. The van der Waals surface area contributed by atoms with E-state index in [4.69, 9.17) is 4.74 Å². The quantitative estimate of drug-likeness (QED) is 0.788. The Morgan fingerprint density at radius 1 is 1.40 bits per heavy atom. The normalized spacial score (nSPS) is 19.6. The number of rotatable bonds is 2. The Kier molecular flexibility index (Phi) is 2.89. The molecule has 1 aromatic carbocycles. The monoisotopic (exact) mass is 270 g/mol. The molecule has 1 unspecified atom stereocenters. The van der Waals surface area contributed by atoms with Crippen molar-refractivity contribution in [3.63, 3.8) is 0 Å². The van der Waals surface area contributed by atoms with Gasteiger partial charge in [-0.05, 0) is 23.0 Å². The van der Waals surface area contributed by atoms with Gasteiger partial charge in [-0.15, -0.1) is 0 Å². The van der Waals surface area contributed by atoms with Crippen molar-refractivity contribution in [1.29, 1.82) is 0 Å². The van der Waals surface area contributed by atoms with Gasteiger partial charge in [0.25, 0.3) is 0 Å². The van der Waals surface area contributed by atoms with Crippen LogP contribution in [0.15, 0.2) is 36.8 Å². The molecule has 0 radical (unpaired) electrons. The number of carbonyl (C=O) groups excluding carboxylic acids is 1. The number of imidazole rings is 1. The van der Waals surface area contributed by atoms with Crippen molar-refractivity contribution in [2.24, 2.45) is 0 Å². The van der Waals surface area contributed by atoms with E-state index < -0.39 is 0 Å². The lowest BCUT2D eigenvalue weighted by Gasteiger charge is -2.20. The molecule has 0 aliphatic heterocycles. The van der Waals surface area contributed by atoms with E-state index >= 15 is 0 Å². The molecule has 0 spiro atoms. The molecule has 20 heavy (non-hydrogen) atoms. The lowest BCUT2D eigenvalue weighted by atomic mass is 9.86. The van der Waals surface area contributed by atoms with Gasteiger partial charge in [0.15, 0.2) is 0 Å². The van der Waals surface area contributed by atoms with Crippen molar-refractivity contribution in [2.75, 3.05) is 0 Å². The zero-order valence-corrected chi connectivity index (χ0v) is 12.0. The van der Waals surface area contributed by atoms with Crippen molar-refractivity contribution in [3.8, 4) is 5.88 Å². The van der Waals surface area contributed by atoms with Gasteiger partial charge in [0.1, 0.15) is 0 Å². The van der Waals surface area contributed by atoms with Gasteiger partial charge in [-0.2, -0.15) is 0 Å². The number of fused-ring (bicyclic) bond motifs is 1. The van der Waals surface area contributed by atoms with E-state index in [1.165, 1.54) is 18.1 Å². The summed E-state index contributed by atoms with van der Waals surface area (Å²) in [4.78, 5) is 15.3. The molecule has 0 saturated carbocycles. The average molecular weight is 270 g/mol. The van der Waals surface area contributed by atoms with Crippen LogP contribution < -0.4 is 4.74 Å². The van der Waals surface area contributed by atoms with Crippen LogP contribution in [0.4, 0.5) is 0 Å². The topological polar surface area (TPSA) is 44.1 Å². The predicted molar refractivity (Wildman–Crippen MR) is 75.8 cm³/mol. The second-order valence-corrected chi connectivity index (χ2v) is 5.92. The van der Waals surface area contributed by atoms with Gasteiger partial charge in [-0.3, -0.25) is 9.36 Å². The van der Waals surface area contributed by atoms with Crippen LogP contribution in [0.5, 0.6) is 5.88 Å². The lowest BCUT2D eigenvalue weighted by molar-refractivity contribution is -0.132. The van der Waals surface area contributed by atoms with Crippen LogP contribution in [-0.4, -0.2) is 15.5 Å². The van der Waals surface area contributed by atoms with E-state index in [1.807, 2.05) is 4.57 Å². The van der Waals surface area contributed by atoms with Crippen molar-refractivity contribution in [3.05, 3.63) is 47.9 Å². The van der Waals surface area contributed by atoms with Crippen LogP contribution in [0, 0.1) is 0 Å². The summed E-state index contributed by atoms with van der Waals surface area (Å²) in [6.07, 6.45) is 4.30. The minimum absolute atomic E-state index is 0.110. The summed E-state index contributed by atoms with van der Waals surface area (Å²) >= 11 is 0. The van der Waals surface area contributed by atoms with Gasteiger partial charge in [-0.1, -0.05) is 38.1 Å². The number of benzene rings is 1. The van der Waals surface area contributed by atoms with Crippen LogP contribution in [-0.2, 0) is 10.2 Å². The molecule has 0 N–H and O–H groups in total. The molecule has 0 bridgehead atoms. The highest BCUT2D eigenvalue weighted by atomic mass is 16.5. The van der Waals surface area contributed by atoms with Gasteiger partial charge >= 0.3 is 5.97 Å². The minimum atomic E-state index is -0.322. The molecule has 1 atom stereocenters. The van der Waals surface area contributed by atoms with E-state index in [0.29, 0.717) is 5.88 Å². The first-order valence-electron chi connectivity index (χ1n) is 6.79. The third-order valence-corrected chi connectivity index (χ3v) is 3.97. The summed E-state index contributed by atoms with van der Waals surface area (Å²) in [5.74, 6) is 0.187. The van der Waals surface area contributed by atoms with Crippen molar-refractivity contribution in [1.82, 2.24) is 9.55 Å². The largest absolute Gasteiger partial charge is 0.408 e. The van der Waals surface area contributed by atoms with E-state index in [0.717, 1.165) is 6.42 Å². The summed E-state index contributed by atoms with van der Waals surface area (Å²) in [5, 5.41) is 0. The Labute approximate surface area is 118 Å². The molecule has 1 aromatic heterocycles. The summed E-state index contributed by atoms with van der Waals surface area (Å²) in [5.41, 5.74) is 2.75. The summed E-state index contributed by atoms with van der Waals surface area (Å²) in [6, 6.07) is 8.61. The van der Waals surface area contributed by atoms with Crippen LogP contribution in [0.25, 0.3) is 0 Å². The molecule has 4 nitrogen and oxygen atoms in total. The number of hydrogen-bond acceptors (Lipinski definition) is 3. The maximum absolute atomic E-state index is 11.2. The zero-order valence-electron chi connectivity index (χ0n) is 12.0. The first-order valence-corrected chi connectivity index (χ1v) is 6.79. The maximum atomic E-state index is 11.2. The van der Waals surface area contributed by atoms with Crippen LogP contribution in [0.1, 0.15) is 44.4 Å². The van der Waals surface area contributed by atoms with E-state index in [2.05, 4.69) is 43.1 Å². The third-order valence-electron chi connectivity index (χ3n) is 3.97. The number of hydrogen-bond donors (Lipinski definition) is 0. The summed E-state index contributed by atoms with van der Waals surface area (Å²) < 4.78 is 7.20.